The largest absolute Gasteiger partial charge is 0.401 e. The molecule has 0 unspecified atom stereocenters. The molecule has 28 heavy (non-hydrogen) atoms. The molecular weight excluding hydrogens is 437 g/mol. The van der Waals surface area contributed by atoms with Crippen molar-refractivity contribution in [2.75, 3.05) is 0 Å². The van der Waals surface area contributed by atoms with Crippen molar-refractivity contribution in [1.82, 2.24) is 19.7 Å². The van der Waals surface area contributed by atoms with Gasteiger partial charge in [-0.1, -0.05) is 34.8 Å². The normalized spacial score (nSPS) is 11.5. The number of hydrogen-bond acceptors (Lipinski definition) is 5. The average molecular weight is 444 g/mol. The van der Waals surface area contributed by atoms with E-state index in [1.165, 1.54) is 24.4 Å². The minimum atomic E-state index is -2.88. The summed E-state index contributed by atoms with van der Waals surface area (Å²) in [5.74, 6) is -0.208. The van der Waals surface area contributed by atoms with Crippen molar-refractivity contribution in [3.63, 3.8) is 0 Å². The molecule has 4 aromatic rings. The van der Waals surface area contributed by atoms with E-state index in [1.54, 1.807) is 6.07 Å². The lowest BCUT2D eigenvalue weighted by molar-refractivity contribution is 0.145. The zero-order valence-electron chi connectivity index (χ0n) is 13.5. The minimum Gasteiger partial charge on any atom is -0.401 e. The molecule has 0 atom stereocenters. The van der Waals surface area contributed by atoms with Gasteiger partial charge in [0.1, 0.15) is 16.9 Å². The maximum Gasteiger partial charge on any atom is 0.347 e. The van der Waals surface area contributed by atoms with Crippen LogP contribution in [0.5, 0.6) is 0 Å². The summed E-state index contributed by atoms with van der Waals surface area (Å²) in [5.41, 5.74) is -1.29. The van der Waals surface area contributed by atoms with Gasteiger partial charge < -0.3 is 4.42 Å². The summed E-state index contributed by atoms with van der Waals surface area (Å²) in [6.45, 7) is 0. The van der Waals surface area contributed by atoms with Gasteiger partial charge in [0.2, 0.25) is 5.89 Å². The Morgan fingerprint density at radius 2 is 1.89 bits per heavy atom. The van der Waals surface area contributed by atoms with Gasteiger partial charge in [-0.3, -0.25) is 0 Å². The van der Waals surface area contributed by atoms with E-state index in [9.17, 15) is 13.6 Å². The van der Waals surface area contributed by atoms with Crippen molar-refractivity contribution in [3.8, 4) is 17.4 Å². The lowest BCUT2D eigenvalue weighted by atomic mass is 10.2. The molecule has 0 saturated heterocycles. The molecule has 3 aromatic heterocycles. The predicted molar refractivity (Wildman–Crippen MR) is 101 cm³/mol. The number of aromatic nitrogens is 4. The van der Waals surface area contributed by atoms with Crippen LogP contribution in [0.1, 0.15) is 12.1 Å². The third kappa shape index (κ3) is 3.23. The maximum absolute atomic E-state index is 13.3. The average Bonchev–Trinajstić information content (AvgIpc) is 3.08. The van der Waals surface area contributed by atoms with Crippen LogP contribution < -0.4 is 5.63 Å². The SMILES string of the molecule is O=c1oc(-c2cc(C(F)F)nn2-c2ncccc2Cl)nc2c(Cl)cc(Cl)cc12. The van der Waals surface area contributed by atoms with Crippen molar-refractivity contribution in [2.24, 2.45) is 0 Å². The number of hydrogen-bond donors (Lipinski definition) is 0. The fourth-order valence-electron chi connectivity index (χ4n) is 2.56. The molecule has 0 aliphatic rings. The molecule has 4 rings (SSSR count). The van der Waals surface area contributed by atoms with E-state index in [0.717, 1.165) is 10.7 Å². The van der Waals surface area contributed by atoms with Gasteiger partial charge in [-0.2, -0.15) is 5.10 Å². The molecule has 11 heteroatoms. The second-order valence-electron chi connectivity index (χ2n) is 5.57. The molecule has 0 aliphatic carbocycles. The van der Waals surface area contributed by atoms with Crippen LogP contribution in [0.25, 0.3) is 28.3 Å². The Kier molecular flexibility index (Phi) is 4.78. The van der Waals surface area contributed by atoms with E-state index >= 15 is 0 Å². The van der Waals surface area contributed by atoms with Gasteiger partial charge >= 0.3 is 5.63 Å². The molecular formula is C17H7Cl3F2N4O2. The molecule has 142 valence electrons. The first-order valence-electron chi connectivity index (χ1n) is 7.64. The Morgan fingerprint density at radius 3 is 2.61 bits per heavy atom. The highest BCUT2D eigenvalue weighted by atomic mass is 35.5. The van der Waals surface area contributed by atoms with Crippen molar-refractivity contribution in [1.29, 1.82) is 0 Å². The van der Waals surface area contributed by atoms with E-state index in [1.807, 2.05) is 0 Å². The number of rotatable bonds is 3. The molecule has 0 radical (unpaired) electrons. The van der Waals surface area contributed by atoms with E-state index in [2.05, 4.69) is 15.1 Å². The summed E-state index contributed by atoms with van der Waals surface area (Å²) in [4.78, 5) is 20.6. The first-order valence-corrected chi connectivity index (χ1v) is 8.78. The second kappa shape index (κ2) is 7.12. The monoisotopic (exact) mass is 442 g/mol. The number of benzene rings is 1. The number of alkyl halides is 2. The number of fused-ring (bicyclic) bond motifs is 1. The van der Waals surface area contributed by atoms with Crippen LogP contribution in [-0.4, -0.2) is 19.7 Å². The Hall–Kier alpha value is -2.55. The molecule has 1 aromatic carbocycles. The summed E-state index contributed by atoms with van der Waals surface area (Å²) in [6.07, 6.45) is -1.46. The highest BCUT2D eigenvalue weighted by molar-refractivity contribution is 6.38. The lowest BCUT2D eigenvalue weighted by Crippen LogP contribution is -2.07. The van der Waals surface area contributed by atoms with Gasteiger partial charge in [0, 0.05) is 11.2 Å². The van der Waals surface area contributed by atoms with Crippen LogP contribution >= 0.6 is 34.8 Å². The second-order valence-corrected chi connectivity index (χ2v) is 6.82. The third-order valence-electron chi connectivity index (χ3n) is 3.76. The zero-order chi connectivity index (χ0) is 20.0. The number of pyridine rings is 1. The Morgan fingerprint density at radius 1 is 1.11 bits per heavy atom. The summed E-state index contributed by atoms with van der Waals surface area (Å²) in [6, 6.07) is 6.87. The predicted octanol–water partition coefficient (Wildman–Crippen LogP) is 5.33. The third-order valence-corrected chi connectivity index (χ3v) is 4.56. The van der Waals surface area contributed by atoms with Crippen LogP contribution in [0.15, 0.2) is 45.7 Å². The smallest absolute Gasteiger partial charge is 0.347 e. The molecule has 0 N–H and O–H groups in total. The van der Waals surface area contributed by atoms with Crippen molar-refractivity contribution in [2.45, 2.75) is 6.43 Å². The van der Waals surface area contributed by atoms with E-state index in [4.69, 9.17) is 39.2 Å². The van der Waals surface area contributed by atoms with Crippen LogP contribution in [0, 0.1) is 0 Å². The standard InChI is InChI=1S/C17H7Cl3F2N4O2/c18-7-4-8-13(10(20)5-7)24-16(28-17(8)27)12-6-11(14(21)22)25-26(12)15-9(19)2-1-3-23-15/h1-6,14H. The van der Waals surface area contributed by atoms with Gasteiger partial charge in [0.15, 0.2) is 5.82 Å². The van der Waals surface area contributed by atoms with Crippen LogP contribution in [0.2, 0.25) is 15.1 Å². The minimum absolute atomic E-state index is 0.0408. The molecule has 0 bridgehead atoms. The summed E-state index contributed by atoms with van der Waals surface area (Å²) >= 11 is 18.1. The van der Waals surface area contributed by atoms with Gasteiger partial charge in [-0.05, 0) is 30.3 Å². The Labute approximate surface area is 170 Å². The fraction of sp³-hybridized carbons (Fsp3) is 0.0588. The maximum atomic E-state index is 13.3. The highest BCUT2D eigenvalue weighted by Gasteiger charge is 2.23. The van der Waals surface area contributed by atoms with Crippen LogP contribution in [0.3, 0.4) is 0 Å². The van der Waals surface area contributed by atoms with Crippen molar-refractivity contribution >= 4 is 45.7 Å². The lowest BCUT2D eigenvalue weighted by Gasteiger charge is -2.07. The van der Waals surface area contributed by atoms with Gasteiger partial charge in [0.05, 0.1) is 15.4 Å². The summed E-state index contributed by atoms with van der Waals surface area (Å²) in [5, 5.41) is 4.36. The molecule has 0 aliphatic heterocycles. The quantitative estimate of drug-likeness (QED) is 0.428. The molecule has 0 fully saturated rings. The molecule has 3 heterocycles. The van der Waals surface area contributed by atoms with E-state index < -0.39 is 17.7 Å². The van der Waals surface area contributed by atoms with Crippen LogP contribution in [-0.2, 0) is 0 Å². The first-order chi connectivity index (χ1) is 13.3. The van der Waals surface area contributed by atoms with Gasteiger partial charge in [-0.25, -0.2) is 28.2 Å². The van der Waals surface area contributed by atoms with E-state index in [-0.39, 0.29) is 43.4 Å². The molecule has 0 amide bonds. The molecule has 0 saturated carbocycles. The summed E-state index contributed by atoms with van der Waals surface area (Å²) in [7, 11) is 0. The highest BCUT2D eigenvalue weighted by Crippen LogP contribution is 2.31. The van der Waals surface area contributed by atoms with Crippen molar-refractivity contribution in [3.05, 3.63) is 67.7 Å². The van der Waals surface area contributed by atoms with Gasteiger partial charge in [-0.15, -0.1) is 0 Å². The number of halogens is 5. The van der Waals surface area contributed by atoms with E-state index in [0.29, 0.717) is 0 Å². The van der Waals surface area contributed by atoms with Crippen molar-refractivity contribution < 1.29 is 13.2 Å². The zero-order valence-corrected chi connectivity index (χ0v) is 15.8. The first kappa shape index (κ1) is 18.8. The summed E-state index contributed by atoms with van der Waals surface area (Å²) < 4.78 is 32.8. The Balaban J connectivity index is 2.02. The topological polar surface area (TPSA) is 73.8 Å². The number of nitrogens with zero attached hydrogens (tertiary/aromatic N) is 4. The van der Waals surface area contributed by atoms with Crippen LogP contribution in [0.4, 0.5) is 8.78 Å². The van der Waals surface area contributed by atoms with Gasteiger partial charge in [0.25, 0.3) is 6.43 Å². The fourth-order valence-corrected chi connectivity index (χ4v) is 3.30. The Bertz CT molecular complexity index is 1270. The molecule has 0 spiro atoms. The molecule has 6 nitrogen and oxygen atoms in total.